The first-order valence-electron chi connectivity index (χ1n) is 9.29. The molecule has 8 heteroatoms. The van der Waals surface area contributed by atoms with Crippen LogP contribution in [-0.2, 0) is 6.42 Å². The molecule has 162 valence electrons. The minimum Gasteiger partial charge on any atom is -0.870 e. The Balaban J connectivity index is 0.000000520. The fourth-order valence-corrected chi connectivity index (χ4v) is 6.01. The van der Waals surface area contributed by atoms with E-state index in [1.165, 1.54) is 26.4 Å². The topological polar surface area (TPSA) is 126 Å². The molecule has 2 aromatic heterocycles. The van der Waals surface area contributed by atoms with Crippen molar-refractivity contribution in [2.24, 2.45) is 0 Å². The van der Waals surface area contributed by atoms with Crippen LogP contribution in [0.4, 0.5) is 0 Å². The molecule has 32 heavy (non-hydrogen) atoms. The molecule has 2 aromatic carbocycles. The van der Waals surface area contributed by atoms with Crippen molar-refractivity contribution in [2.75, 3.05) is 0 Å². The largest absolute Gasteiger partial charge is 1.00 e. The predicted octanol–water partition coefficient (Wildman–Crippen LogP) is 3.74. The summed E-state index contributed by atoms with van der Waals surface area (Å²) < 4.78 is 0. The average Bonchev–Trinajstić information content (AvgIpc) is 3.45. The Bertz CT molecular complexity index is 1240. The van der Waals surface area contributed by atoms with Crippen molar-refractivity contribution < 1.29 is 68.6 Å². The fourth-order valence-electron chi connectivity index (χ4n) is 3.95. The Morgan fingerprint density at radius 1 is 0.781 bits per heavy atom. The third kappa shape index (κ3) is 5.25. The molecule has 2 aliphatic rings. The number of carbonyl (C=O) groups excluding carboxylic acids is 1. The van der Waals surface area contributed by atoms with Crippen LogP contribution in [0.3, 0.4) is 0 Å². The molecule has 0 unspecified atom stereocenters. The van der Waals surface area contributed by atoms with Gasteiger partial charge in [0.05, 0.1) is 4.88 Å². The first-order chi connectivity index (χ1) is 14.1. The van der Waals surface area contributed by atoms with Gasteiger partial charge in [0.25, 0.3) is 0 Å². The Kier molecular flexibility index (Phi) is 11.0. The number of fused-ring (bicyclic) bond motifs is 6. The van der Waals surface area contributed by atoms with Gasteiger partial charge in [0, 0.05) is 33.6 Å². The van der Waals surface area contributed by atoms with E-state index in [-0.39, 0.29) is 69.5 Å². The molecule has 5 nitrogen and oxygen atoms in total. The Hall–Kier alpha value is -1.33. The number of aryl methyl sites for hydroxylation is 2. The molecular weight excluding hydrogens is 468 g/mol. The van der Waals surface area contributed by atoms with Gasteiger partial charge in [0.1, 0.15) is 0 Å². The van der Waals surface area contributed by atoms with Crippen LogP contribution in [0.25, 0.3) is 22.3 Å². The van der Waals surface area contributed by atoms with Gasteiger partial charge in [0.2, 0.25) is 5.78 Å². The van der Waals surface area contributed by atoms with Gasteiger partial charge in [-0.05, 0) is 48.2 Å². The molecule has 0 fully saturated rings. The number of hydrogen-bond acceptors (Lipinski definition) is 6. The van der Waals surface area contributed by atoms with Crippen molar-refractivity contribution in [1.29, 1.82) is 11.1 Å². The van der Waals surface area contributed by atoms with Crippen LogP contribution in [0, 0.1) is 24.9 Å². The van der Waals surface area contributed by atoms with Gasteiger partial charge >= 0.3 is 51.4 Å². The summed E-state index contributed by atoms with van der Waals surface area (Å²) >= 11 is 3.53. The predicted molar refractivity (Wildman–Crippen MR) is 128 cm³/mol. The van der Waals surface area contributed by atoms with E-state index in [2.05, 4.69) is 43.3 Å². The van der Waals surface area contributed by atoms with Gasteiger partial charge < -0.3 is 11.0 Å². The van der Waals surface area contributed by atoms with Crippen LogP contribution in [0.2, 0.25) is 0 Å². The third-order valence-corrected chi connectivity index (χ3v) is 7.21. The van der Waals surface area contributed by atoms with E-state index in [1.807, 2.05) is 42.5 Å². The molecule has 0 spiro atoms. The van der Waals surface area contributed by atoms with Crippen molar-refractivity contribution in [3.05, 3.63) is 91.3 Å². The smallest absolute Gasteiger partial charge is 0.870 e. The molecule has 6 rings (SSSR count). The van der Waals surface area contributed by atoms with Crippen molar-refractivity contribution in [2.45, 2.75) is 20.3 Å². The molecule has 2 aliphatic carbocycles. The van der Waals surface area contributed by atoms with E-state index in [4.69, 9.17) is 11.1 Å². The normalized spacial score (nSPS) is 10.9. The van der Waals surface area contributed by atoms with Crippen LogP contribution in [-0.4, -0.2) is 16.7 Å². The van der Waals surface area contributed by atoms with Gasteiger partial charge in [-0.25, -0.2) is 11.1 Å². The molecule has 0 saturated carbocycles. The summed E-state index contributed by atoms with van der Waals surface area (Å²) in [6.45, 7) is 4.23. The van der Waals surface area contributed by atoms with E-state index in [0.29, 0.717) is 0 Å². The van der Waals surface area contributed by atoms with Gasteiger partial charge in [-0.1, -0.05) is 48.5 Å². The maximum absolute atomic E-state index is 11.9. The Morgan fingerprint density at radius 2 is 1.31 bits per heavy atom. The summed E-state index contributed by atoms with van der Waals surface area (Å²) in [4.78, 5) is 17.0. The SMILES string of the molecule is Cc1cc2c(s1)C(=O)c1ccccc1-2.Cc1cc2c(s1)Cc1ccccc1-2.N=N.O.[HH].[K+].[OH-]. The summed E-state index contributed by atoms with van der Waals surface area (Å²) in [5, 5.41) is 0. The number of thiophene rings is 2. The molecule has 0 atom stereocenters. The molecule has 0 saturated heterocycles. The van der Waals surface area contributed by atoms with E-state index in [0.717, 1.165) is 28.0 Å². The first-order valence-corrected chi connectivity index (χ1v) is 10.9. The summed E-state index contributed by atoms with van der Waals surface area (Å²) in [5.74, 6) is 0.189. The number of ketones is 1. The first kappa shape index (κ1) is 28.7. The van der Waals surface area contributed by atoms with Crippen LogP contribution in [0.15, 0.2) is 60.7 Å². The quantitative estimate of drug-likeness (QED) is 0.247. The summed E-state index contributed by atoms with van der Waals surface area (Å²) in [5.41, 5.74) is 17.5. The Morgan fingerprint density at radius 3 is 2.00 bits per heavy atom. The zero-order valence-electron chi connectivity index (χ0n) is 18.2. The second kappa shape index (κ2) is 12.2. The molecule has 0 aliphatic heterocycles. The van der Waals surface area contributed by atoms with Crippen LogP contribution >= 0.6 is 22.7 Å². The van der Waals surface area contributed by atoms with Crippen molar-refractivity contribution in [3.63, 3.8) is 0 Å². The minimum atomic E-state index is 0. The second-order valence-electron chi connectivity index (χ2n) is 7.00. The van der Waals surface area contributed by atoms with Crippen molar-refractivity contribution in [3.8, 4) is 22.3 Å². The van der Waals surface area contributed by atoms with E-state index in [9.17, 15) is 4.79 Å². The molecule has 0 bridgehead atoms. The van der Waals surface area contributed by atoms with Crippen molar-refractivity contribution >= 4 is 28.5 Å². The van der Waals surface area contributed by atoms with Crippen LogP contribution in [0.5, 0.6) is 0 Å². The van der Waals surface area contributed by atoms with Gasteiger partial charge in [0.15, 0.2) is 0 Å². The third-order valence-electron chi connectivity index (χ3n) is 5.11. The summed E-state index contributed by atoms with van der Waals surface area (Å²) in [6, 6.07) is 20.9. The van der Waals surface area contributed by atoms with E-state index < -0.39 is 0 Å². The zero-order valence-corrected chi connectivity index (χ0v) is 22.9. The van der Waals surface area contributed by atoms with Gasteiger partial charge in [-0.15, -0.1) is 22.7 Å². The Labute approximate surface area is 239 Å². The van der Waals surface area contributed by atoms with Crippen LogP contribution < -0.4 is 51.4 Å². The monoisotopic (exact) mass is 492 g/mol. The number of hydrogen-bond donors (Lipinski definition) is 2. The molecule has 2 heterocycles. The molecule has 0 amide bonds. The molecule has 5 N–H and O–H groups in total. The molecule has 4 aromatic rings. The summed E-state index contributed by atoms with van der Waals surface area (Å²) in [6.07, 6.45) is 1.14. The maximum Gasteiger partial charge on any atom is 1.00 e. The average molecular weight is 493 g/mol. The van der Waals surface area contributed by atoms with E-state index in [1.54, 1.807) is 16.2 Å². The number of benzene rings is 2. The summed E-state index contributed by atoms with van der Waals surface area (Å²) in [7, 11) is 0. The molecule has 0 radical (unpaired) electrons. The zero-order chi connectivity index (χ0) is 20.5. The standard InChI is InChI=1S/C12H8OS.C12H10S.K.H2N2.2H2O.H2/c1-7-6-10-8-4-2-3-5-9(8)11(13)12(10)14-7;1-8-6-11-10-5-3-2-4-9(10)7-12(11)13-8;;1-2;;;/h2-6H,1H3;2-6H,7H2,1H3;;1-2H;2*1H2;1H/q;;+1;;;;/p-1. The number of carbonyl (C=O) groups is 1. The van der Waals surface area contributed by atoms with Crippen molar-refractivity contribution in [1.82, 2.24) is 0 Å². The number of rotatable bonds is 0. The minimum absolute atomic E-state index is 0. The molecular formula is C24H25KN2O3S2. The fraction of sp³-hybridized carbons (Fsp3) is 0.125. The number of nitrogens with one attached hydrogen (secondary N) is 2. The second-order valence-corrected chi connectivity index (χ2v) is 9.60. The maximum atomic E-state index is 11.9. The van der Waals surface area contributed by atoms with Gasteiger partial charge in [-0.3, -0.25) is 4.79 Å². The van der Waals surface area contributed by atoms with E-state index >= 15 is 0 Å². The van der Waals surface area contributed by atoms with Crippen LogP contribution in [0.1, 0.15) is 36.9 Å². The van der Waals surface area contributed by atoms with Gasteiger partial charge in [-0.2, -0.15) is 0 Å².